The van der Waals surface area contributed by atoms with Gasteiger partial charge in [-0.25, -0.2) is 13.1 Å². The SMILES string of the molecule is CNCc1cc(S(=O)(=O)NCc2ccco2)c[nH]1. The van der Waals surface area contributed by atoms with Gasteiger partial charge in [-0.1, -0.05) is 0 Å². The minimum Gasteiger partial charge on any atom is -0.468 e. The monoisotopic (exact) mass is 269 g/mol. The van der Waals surface area contributed by atoms with E-state index in [0.29, 0.717) is 12.3 Å². The average molecular weight is 269 g/mol. The molecule has 18 heavy (non-hydrogen) atoms. The Morgan fingerprint density at radius 3 is 2.89 bits per heavy atom. The van der Waals surface area contributed by atoms with E-state index >= 15 is 0 Å². The van der Waals surface area contributed by atoms with Crippen molar-refractivity contribution in [3.63, 3.8) is 0 Å². The Bertz CT molecular complexity index is 587. The zero-order chi connectivity index (χ0) is 13.0. The van der Waals surface area contributed by atoms with Crippen molar-refractivity contribution in [1.82, 2.24) is 15.0 Å². The fourth-order valence-electron chi connectivity index (χ4n) is 1.53. The highest BCUT2D eigenvalue weighted by Crippen LogP contribution is 2.11. The highest BCUT2D eigenvalue weighted by atomic mass is 32.2. The summed E-state index contributed by atoms with van der Waals surface area (Å²) in [6, 6.07) is 5.03. The first-order chi connectivity index (χ1) is 8.62. The summed E-state index contributed by atoms with van der Waals surface area (Å²) in [5.41, 5.74) is 0.816. The lowest BCUT2D eigenvalue weighted by atomic mass is 10.4. The lowest BCUT2D eigenvalue weighted by molar-refractivity contribution is 0.498. The first kappa shape index (κ1) is 12.9. The third kappa shape index (κ3) is 3.00. The Hall–Kier alpha value is -1.57. The molecular weight excluding hydrogens is 254 g/mol. The van der Waals surface area contributed by atoms with Crippen molar-refractivity contribution in [3.8, 4) is 0 Å². The van der Waals surface area contributed by atoms with Crippen LogP contribution in [0.4, 0.5) is 0 Å². The number of furan rings is 1. The maximum Gasteiger partial charge on any atom is 0.242 e. The van der Waals surface area contributed by atoms with E-state index in [1.165, 1.54) is 12.5 Å². The summed E-state index contributed by atoms with van der Waals surface area (Å²) in [6.45, 7) is 0.732. The van der Waals surface area contributed by atoms with Crippen molar-refractivity contribution < 1.29 is 12.8 Å². The summed E-state index contributed by atoms with van der Waals surface area (Å²) in [4.78, 5) is 3.12. The van der Waals surface area contributed by atoms with Crippen molar-refractivity contribution in [2.45, 2.75) is 18.0 Å². The predicted molar refractivity (Wildman–Crippen MR) is 66.3 cm³/mol. The van der Waals surface area contributed by atoms with Crippen molar-refractivity contribution in [2.24, 2.45) is 0 Å². The summed E-state index contributed by atoms with van der Waals surface area (Å²) in [5.74, 6) is 0.574. The molecule has 0 amide bonds. The quantitative estimate of drug-likeness (QED) is 0.724. The van der Waals surface area contributed by atoms with Crippen LogP contribution in [0.15, 0.2) is 40.0 Å². The van der Waals surface area contributed by atoms with Gasteiger partial charge in [0.25, 0.3) is 0 Å². The number of rotatable bonds is 6. The molecule has 0 saturated heterocycles. The maximum atomic E-state index is 12.0. The van der Waals surface area contributed by atoms with Crippen molar-refractivity contribution in [1.29, 1.82) is 0 Å². The largest absolute Gasteiger partial charge is 0.468 e. The van der Waals surface area contributed by atoms with Gasteiger partial charge < -0.3 is 14.7 Å². The average Bonchev–Trinajstić information content (AvgIpc) is 2.98. The minimum atomic E-state index is -3.50. The molecule has 0 aliphatic heterocycles. The number of aromatic amines is 1. The van der Waals surface area contributed by atoms with Gasteiger partial charge in [-0.2, -0.15) is 0 Å². The summed E-state index contributed by atoms with van der Waals surface area (Å²) < 4.78 is 31.4. The molecule has 0 aliphatic carbocycles. The van der Waals surface area contributed by atoms with E-state index in [4.69, 9.17) is 4.42 Å². The van der Waals surface area contributed by atoms with Crippen LogP contribution in [0.25, 0.3) is 0 Å². The topological polar surface area (TPSA) is 87.1 Å². The number of aromatic nitrogens is 1. The molecule has 7 heteroatoms. The molecule has 0 unspecified atom stereocenters. The lowest BCUT2D eigenvalue weighted by Crippen LogP contribution is -2.22. The van der Waals surface area contributed by atoms with Crippen molar-refractivity contribution in [2.75, 3.05) is 7.05 Å². The number of H-pyrrole nitrogens is 1. The van der Waals surface area contributed by atoms with Crippen molar-refractivity contribution in [3.05, 3.63) is 42.1 Å². The van der Waals surface area contributed by atoms with Gasteiger partial charge in [-0.3, -0.25) is 0 Å². The van der Waals surface area contributed by atoms with Crippen molar-refractivity contribution >= 4 is 10.0 Å². The van der Waals surface area contributed by atoms with Gasteiger partial charge in [-0.05, 0) is 25.2 Å². The predicted octanol–water partition coefficient (Wildman–Crippen LogP) is 0.806. The van der Waals surface area contributed by atoms with E-state index in [9.17, 15) is 8.42 Å². The molecule has 2 aromatic heterocycles. The first-order valence-electron chi connectivity index (χ1n) is 5.46. The molecule has 2 aromatic rings. The Morgan fingerprint density at radius 2 is 2.22 bits per heavy atom. The van der Waals surface area contributed by atoms with E-state index in [1.807, 2.05) is 0 Å². The van der Waals surface area contributed by atoms with Gasteiger partial charge in [0, 0.05) is 18.4 Å². The van der Waals surface area contributed by atoms with Crippen LogP contribution in [0.1, 0.15) is 11.5 Å². The van der Waals surface area contributed by atoms with Crippen LogP contribution in [-0.2, 0) is 23.1 Å². The number of nitrogens with one attached hydrogen (secondary N) is 3. The molecule has 0 aromatic carbocycles. The van der Waals surface area contributed by atoms with Gasteiger partial charge in [0.15, 0.2) is 0 Å². The highest BCUT2D eigenvalue weighted by Gasteiger charge is 2.16. The van der Waals surface area contributed by atoms with Crippen LogP contribution in [0, 0.1) is 0 Å². The number of sulfonamides is 1. The molecule has 6 nitrogen and oxygen atoms in total. The Labute approximate surface area is 105 Å². The molecule has 0 fully saturated rings. The van der Waals surface area contributed by atoms with E-state index in [0.717, 1.165) is 5.69 Å². The Morgan fingerprint density at radius 1 is 1.39 bits per heavy atom. The fourth-order valence-corrected chi connectivity index (χ4v) is 2.54. The van der Waals surface area contributed by atoms with E-state index in [2.05, 4.69) is 15.0 Å². The molecule has 0 radical (unpaired) electrons. The molecular formula is C11H15N3O3S. The first-order valence-corrected chi connectivity index (χ1v) is 6.94. The third-order valence-corrected chi connectivity index (χ3v) is 3.79. The molecule has 98 valence electrons. The Balaban J connectivity index is 2.05. The van der Waals surface area contributed by atoms with Gasteiger partial charge >= 0.3 is 0 Å². The second-order valence-electron chi connectivity index (χ2n) is 3.79. The van der Waals surface area contributed by atoms with Crippen LogP contribution < -0.4 is 10.0 Å². The fraction of sp³-hybridized carbons (Fsp3) is 0.273. The molecule has 0 aliphatic rings. The van der Waals surface area contributed by atoms with Crippen LogP contribution in [0.2, 0.25) is 0 Å². The molecule has 0 bridgehead atoms. The molecule has 2 heterocycles. The van der Waals surface area contributed by atoms with Gasteiger partial charge in [0.05, 0.1) is 17.7 Å². The number of hydrogen-bond donors (Lipinski definition) is 3. The third-order valence-electron chi connectivity index (χ3n) is 2.41. The van der Waals surface area contributed by atoms with Crippen LogP contribution in [-0.4, -0.2) is 20.4 Å². The molecule has 2 rings (SSSR count). The van der Waals surface area contributed by atoms with E-state index in [1.54, 1.807) is 25.2 Å². The summed E-state index contributed by atoms with van der Waals surface area (Å²) in [5, 5.41) is 2.94. The number of hydrogen-bond acceptors (Lipinski definition) is 4. The van der Waals surface area contributed by atoms with E-state index < -0.39 is 10.0 Å². The van der Waals surface area contributed by atoms with Crippen LogP contribution >= 0.6 is 0 Å². The summed E-state index contributed by atoms with van der Waals surface area (Å²) in [6.07, 6.45) is 2.97. The maximum absolute atomic E-state index is 12.0. The summed E-state index contributed by atoms with van der Waals surface area (Å²) >= 11 is 0. The zero-order valence-electron chi connectivity index (χ0n) is 9.93. The zero-order valence-corrected chi connectivity index (χ0v) is 10.8. The summed E-state index contributed by atoms with van der Waals surface area (Å²) in [7, 11) is -1.71. The van der Waals surface area contributed by atoms with Crippen LogP contribution in [0.5, 0.6) is 0 Å². The lowest BCUT2D eigenvalue weighted by Gasteiger charge is -2.02. The van der Waals surface area contributed by atoms with Crippen LogP contribution in [0.3, 0.4) is 0 Å². The molecule has 0 saturated carbocycles. The van der Waals surface area contributed by atoms with Gasteiger partial charge in [0.2, 0.25) is 10.0 Å². The normalized spacial score (nSPS) is 11.8. The molecule has 0 atom stereocenters. The second-order valence-corrected chi connectivity index (χ2v) is 5.56. The standard InChI is InChI=1S/C11H15N3O3S/c1-12-6-9-5-11(8-13-9)18(15,16)14-7-10-3-2-4-17-10/h2-5,8,12-14H,6-7H2,1H3. The Kier molecular flexibility index (Phi) is 3.85. The molecule has 0 spiro atoms. The van der Waals surface area contributed by atoms with Gasteiger partial charge in [-0.15, -0.1) is 0 Å². The molecule has 3 N–H and O–H groups in total. The minimum absolute atomic E-state index is 0.141. The second kappa shape index (κ2) is 5.38. The highest BCUT2D eigenvalue weighted by molar-refractivity contribution is 7.89. The smallest absolute Gasteiger partial charge is 0.242 e. The van der Waals surface area contributed by atoms with E-state index in [-0.39, 0.29) is 11.4 Å². The van der Waals surface area contributed by atoms with Gasteiger partial charge in [0.1, 0.15) is 5.76 Å².